The molecule has 0 bridgehead atoms. The van der Waals surface area contributed by atoms with E-state index >= 15 is 0 Å². The van der Waals surface area contributed by atoms with Crippen LogP contribution in [0.1, 0.15) is 12.0 Å². The lowest BCUT2D eigenvalue weighted by molar-refractivity contribution is 0.00119. The van der Waals surface area contributed by atoms with Gasteiger partial charge in [-0.05, 0) is 12.0 Å². The average molecular weight is 247 g/mol. The molecule has 1 aliphatic heterocycles. The predicted molar refractivity (Wildman–Crippen MR) is 69.4 cm³/mol. The highest BCUT2D eigenvalue weighted by atomic mass is 16.5. The van der Waals surface area contributed by atoms with Crippen molar-refractivity contribution in [3.63, 3.8) is 0 Å². The summed E-state index contributed by atoms with van der Waals surface area (Å²) in [5.41, 5.74) is 1.12. The standard InChI is InChI=1S/C14H17NO3/c16-14(17)15-9-10-18-11-13(15)8-4-7-12-5-2-1-3-6-12/h1-7,13H,8-11H2,(H,16,17). The lowest BCUT2D eigenvalue weighted by Gasteiger charge is -2.32. The maximum absolute atomic E-state index is 11.0. The maximum atomic E-state index is 11.0. The fourth-order valence-electron chi connectivity index (χ4n) is 2.03. The number of hydrogen-bond acceptors (Lipinski definition) is 2. The lowest BCUT2D eigenvalue weighted by Crippen LogP contribution is -2.47. The van der Waals surface area contributed by atoms with E-state index in [1.54, 1.807) is 0 Å². The number of ether oxygens (including phenoxy) is 1. The largest absolute Gasteiger partial charge is 0.465 e. The van der Waals surface area contributed by atoms with Crippen molar-refractivity contribution >= 4 is 12.2 Å². The summed E-state index contributed by atoms with van der Waals surface area (Å²) in [4.78, 5) is 12.5. The minimum absolute atomic E-state index is 0.0730. The van der Waals surface area contributed by atoms with Gasteiger partial charge < -0.3 is 14.7 Å². The molecule has 1 saturated heterocycles. The third-order valence-electron chi connectivity index (χ3n) is 2.99. The number of benzene rings is 1. The van der Waals surface area contributed by atoms with Gasteiger partial charge in [-0.1, -0.05) is 42.5 Å². The van der Waals surface area contributed by atoms with Crippen LogP contribution in [-0.2, 0) is 4.74 Å². The highest BCUT2D eigenvalue weighted by Crippen LogP contribution is 2.12. The second-order valence-corrected chi connectivity index (χ2v) is 4.25. The zero-order chi connectivity index (χ0) is 12.8. The van der Waals surface area contributed by atoms with Crippen LogP contribution < -0.4 is 0 Å². The monoisotopic (exact) mass is 247 g/mol. The molecule has 0 saturated carbocycles. The Morgan fingerprint density at radius 2 is 2.22 bits per heavy atom. The van der Waals surface area contributed by atoms with Crippen molar-refractivity contribution in [2.24, 2.45) is 0 Å². The summed E-state index contributed by atoms with van der Waals surface area (Å²) in [6, 6.07) is 9.89. The summed E-state index contributed by atoms with van der Waals surface area (Å²) >= 11 is 0. The van der Waals surface area contributed by atoms with Gasteiger partial charge in [0.1, 0.15) is 0 Å². The molecule has 1 fully saturated rings. The molecule has 1 atom stereocenters. The van der Waals surface area contributed by atoms with Crippen molar-refractivity contribution < 1.29 is 14.6 Å². The van der Waals surface area contributed by atoms with Crippen LogP contribution in [0.4, 0.5) is 4.79 Å². The molecule has 1 heterocycles. The topological polar surface area (TPSA) is 49.8 Å². The van der Waals surface area contributed by atoms with Crippen molar-refractivity contribution in [3.05, 3.63) is 42.0 Å². The Balaban J connectivity index is 1.92. The van der Waals surface area contributed by atoms with E-state index in [1.807, 2.05) is 42.5 Å². The Kier molecular flexibility index (Phi) is 4.36. The Hall–Kier alpha value is -1.81. The first-order valence-electron chi connectivity index (χ1n) is 6.06. The second kappa shape index (κ2) is 6.21. The van der Waals surface area contributed by atoms with Crippen molar-refractivity contribution in [2.75, 3.05) is 19.8 Å². The fourth-order valence-corrected chi connectivity index (χ4v) is 2.03. The zero-order valence-electron chi connectivity index (χ0n) is 10.2. The molecule has 0 spiro atoms. The van der Waals surface area contributed by atoms with Gasteiger partial charge in [-0.15, -0.1) is 0 Å². The molecule has 2 rings (SSSR count). The third kappa shape index (κ3) is 3.34. The number of rotatable bonds is 3. The molecule has 4 heteroatoms. The molecule has 18 heavy (non-hydrogen) atoms. The smallest absolute Gasteiger partial charge is 0.407 e. The van der Waals surface area contributed by atoms with Crippen LogP contribution in [-0.4, -0.2) is 41.9 Å². The molecule has 1 N–H and O–H groups in total. The Bertz CT molecular complexity index is 416. The molecule has 0 aromatic heterocycles. The van der Waals surface area contributed by atoms with Gasteiger partial charge in [0.25, 0.3) is 0 Å². The maximum Gasteiger partial charge on any atom is 0.407 e. The van der Waals surface area contributed by atoms with Crippen molar-refractivity contribution in [3.8, 4) is 0 Å². The van der Waals surface area contributed by atoms with Gasteiger partial charge >= 0.3 is 6.09 Å². The van der Waals surface area contributed by atoms with Gasteiger partial charge in [-0.3, -0.25) is 0 Å². The minimum Gasteiger partial charge on any atom is -0.465 e. The van der Waals surface area contributed by atoms with E-state index in [1.165, 1.54) is 4.90 Å². The van der Waals surface area contributed by atoms with Crippen molar-refractivity contribution in [2.45, 2.75) is 12.5 Å². The van der Waals surface area contributed by atoms with Crippen LogP contribution in [0.2, 0.25) is 0 Å². The predicted octanol–water partition coefficient (Wildman–Crippen LogP) is 2.47. The van der Waals surface area contributed by atoms with E-state index < -0.39 is 6.09 Å². The highest BCUT2D eigenvalue weighted by Gasteiger charge is 2.25. The highest BCUT2D eigenvalue weighted by molar-refractivity contribution is 5.65. The summed E-state index contributed by atoms with van der Waals surface area (Å²) < 4.78 is 5.33. The summed E-state index contributed by atoms with van der Waals surface area (Å²) in [7, 11) is 0. The Morgan fingerprint density at radius 1 is 1.44 bits per heavy atom. The van der Waals surface area contributed by atoms with Crippen molar-refractivity contribution in [1.29, 1.82) is 0 Å². The van der Waals surface area contributed by atoms with E-state index in [4.69, 9.17) is 9.84 Å². The SMILES string of the molecule is O=C(O)N1CCOCC1CC=Cc1ccccc1. The van der Waals surface area contributed by atoms with Gasteiger partial charge in [0.15, 0.2) is 0 Å². The van der Waals surface area contributed by atoms with E-state index in [-0.39, 0.29) is 6.04 Å². The quantitative estimate of drug-likeness (QED) is 0.892. The van der Waals surface area contributed by atoms with Crippen LogP contribution in [0.15, 0.2) is 36.4 Å². The first kappa shape index (κ1) is 12.6. The van der Waals surface area contributed by atoms with Crippen molar-refractivity contribution in [1.82, 2.24) is 4.90 Å². The van der Waals surface area contributed by atoms with E-state index in [0.29, 0.717) is 26.2 Å². The van der Waals surface area contributed by atoms with Gasteiger partial charge in [-0.25, -0.2) is 4.79 Å². The zero-order valence-corrected chi connectivity index (χ0v) is 10.2. The van der Waals surface area contributed by atoms with Crippen LogP contribution in [0.3, 0.4) is 0 Å². The molecular weight excluding hydrogens is 230 g/mol. The summed E-state index contributed by atoms with van der Waals surface area (Å²) in [6.07, 6.45) is 3.83. The van der Waals surface area contributed by atoms with E-state index in [2.05, 4.69) is 0 Å². The number of nitrogens with zero attached hydrogens (tertiary/aromatic N) is 1. The van der Waals surface area contributed by atoms with Gasteiger partial charge in [0, 0.05) is 6.54 Å². The Morgan fingerprint density at radius 3 is 2.94 bits per heavy atom. The van der Waals surface area contributed by atoms with Crippen LogP contribution in [0, 0.1) is 0 Å². The molecule has 96 valence electrons. The number of hydrogen-bond donors (Lipinski definition) is 1. The molecule has 1 aromatic carbocycles. The fraction of sp³-hybridized carbons (Fsp3) is 0.357. The summed E-state index contributed by atoms with van der Waals surface area (Å²) in [5, 5.41) is 9.07. The first-order valence-corrected chi connectivity index (χ1v) is 6.06. The summed E-state index contributed by atoms with van der Waals surface area (Å²) in [5.74, 6) is 0. The van der Waals surface area contributed by atoms with Crippen LogP contribution in [0.5, 0.6) is 0 Å². The molecular formula is C14H17NO3. The van der Waals surface area contributed by atoms with E-state index in [0.717, 1.165) is 5.56 Å². The molecule has 0 aliphatic carbocycles. The minimum atomic E-state index is -0.864. The molecule has 4 nitrogen and oxygen atoms in total. The molecule has 1 unspecified atom stereocenters. The number of morpholine rings is 1. The lowest BCUT2D eigenvalue weighted by atomic mass is 10.1. The van der Waals surface area contributed by atoms with Crippen LogP contribution in [0.25, 0.3) is 6.08 Å². The molecule has 1 aromatic rings. The Labute approximate surface area is 106 Å². The second-order valence-electron chi connectivity index (χ2n) is 4.25. The third-order valence-corrected chi connectivity index (χ3v) is 2.99. The molecule has 0 radical (unpaired) electrons. The average Bonchev–Trinajstić information content (AvgIpc) is 2.40. The molecule has 1 aliphatic rings. The first-order chi connectivity index (χ1) is 8.77. The number of carbonyl (C=O) groups is 1. The van der Waals surface area contributed by atoms with Gasteiger partial charge in [-0.2, -0.15) is 0 Å². The number of carboxylic acid groups (broad SMARTS) is 1. The summed E-state index contributed by atoms with van der Waals surface area (Å²) in [6.45, 7) is 1.43. The number of amides is 1. The molecule has 1 amide bonds. The normalized spacial score (nSPS) is 20.2. The van der Waals surface area contributed by atoms with Crippen LogP contribution >= 0.6 is 0 Å². The van der Waals surface area contributed by atoms with Gasteiger partial charge in [0.05, 0.1) is 19.3 Å². The van der Waals surface area contributed by atoms with E-state index in [9.17, 15) is 4.79 Å². The van der Waals surface area contributed by atoms with Gasteiger partial charge in [0.2, 0.25) is 0 Å².